The topological polar surface area (TPSA) is 62.2 Å². The minimum atomic E-state index is -0.518. The standard InChI is InChI=1S/C11H11Cl3N2O2/c12-6-3-15-10(9(14)8(6)13)11(18)16-4-7(17)5-1-2-5/h3,5,7,17H,1-2,4H2,(H,16,18). The van der Waals surface area contributed by atoms with Crippen molar-refractivity contribution >= 4 is 40.7 Å². The van der Waals surface area contributed by atoms with Crippen LogP contribution < -0.4 is 5.32 Å². The summed E-state index contributed by atoms with van der Waals surface area (Å²) in [5.41, 5.74) is 0.00839. The number of carbonyl (C=O) groups excluding carboxylic acids is 1. The molecule has 0 aromatic carbocycles. The molecule has 0 radical (unpaired) electrons. The molecular formula is C11H11Cl3N2O2. The number of aliphatic hydroxyl groups is 1. The van der Waals surface area contributed by atoms with Crippen molar-refractivity contribution in [2.45, 2.75) is 18.9 Å². The molecule has 1 aliphatic carbocycles. The molecular weight excluding hydrogens is 298 g/mol. The van der Waals surface area contributed by atoms with E-state index in [0.29, 0.717) is 5.92 Å². The lowest BCUT2D eigenvalue weighted by atomic mass is 10.2. The van der Waals surface area contributed by atoms with Crippen LogP contribution in [0, 0.1) is 5.92 Å². The second kappa shape index (κ2) is 5.61. The third-order valence-corrected chi connectivity index (χ3v) is 4.01. The first kappa shape index (κ1) is 13.9. The van der Waals surface area contributed by atoms with Crippen molar-refractivity contribution in [2.75, 3.05) is 6.54 Å². The lowest BCUT2D eigenvalue weighted by Gasteiger charge is -2.11. The highest BCUT2D eigenvalue weighted by molar-refractivity contribution is 6.48. The van der Waals surface area contributed by atoms with Crippen molar-refractivity contribution < 1.29 is 9.90 Å². The number of aliphatic hydroxyl groups excluding tert-OH is 1. The number of nitrogens with one attached hydrogen (secondary N) is 1. The van der Waals surface area contributed by atoms with Gasteiger partial charge in [-0.05, 0) is 18.8 Å². The molecule has 18 heavy (non-hydrogen) atoms. The zero-order valence-corrected chi connectivity index (χ0v) is 11.6. The van der Waals surface area contributed by atoms with E-state index < -0.39 is 12.0 Å². The monoisotopic (exact) mass is 308 g/mol. The van der Waals surface area contributed by atoms with Crippen molar-refractivity contribution in [1.82, 2.24) is 10.3 Å². The Bertz CT molecular complexity index is 478. The number of rotatable bonds is 4. The number of carbonyl (C=O) groups is 1. The van der Waals surface area contributed by atoms with E-state index in [1.54, 1.807) is 0 Å². The lowest BCUT2D eigenvalue weighted by molar-refractivity contribution is 0.0896. The Morgan fingerprint density at radius 3 is 2.72 bits per heavy atom. The van der Waals surface area contributed by atoms with Crippen molar-refractivity contribution in [3.05, 3.63) is 27.0 Å². The molecule has 1 saturated carbocycles. The van der Waals surface area contributed by atoms with Gasteiger partial charge in [0.25, 0.3) is 5.91 Å². The summed E-state index contributed by atoms with van der Waals surface area (Å²) in [6.45, 7) is 0.182. The van der Waals surface area contributed by atoms with E-state index in [1.807, 2.05) is 0 Å². The molecule has 0 saturated heterocycles. The summed E-state index contributed by atoms with van der Waals surface area (Å²) in [6.07, 6.45) is 2.75. The molecule has 1 heterocycles. The second-order valence-corrected chi connectivity index (χ2v) is 5.36. The average molecular weight is 310 g/mol. The predicted molar refractivity (Wildman–Crippen MR) is 70.3 cm³/mol. The molecule has 7 heteroatoms. The van der Waals surface area contributed by atoms with Crippen molar-refractivity contribution in [3.63, 3.8) is 0 Å². The molecule has 0 bridgehead atoms. The van der Waals surface area contributed by atoms with Crippen molar-refractivity contribution in [3.8, 4) is 0 Å². The van der Waals surface area contributed by atoms with Gasteiger partial charge in [0, 0.05) is 12.7 Å². The van der Waals surface area contributed by atoms with Gasteiger partial charge in [-0.3, -0.25) is 4.79 Å². The Morgan fingerprint density at radius 2 is 2.11 bits per heavy atom. The molecule has 0 aliphatic heterocycles. The lowest BCUT2D eigenvalue weighted by Crippen LogP contribution is -2.33. The van der Waals surface area contributed by atoms with Gasteiger partial charge in [-0.25, -0.2) is 4.98 Å². The summed E-state index contributed by atoms with van der Waals surface area (Å²) in [5, 5.41) is 12.5. The number of halogens is 3. The molecule has 4 nitrogen and oxygen atoms in total. The van der Waals surface area contributed by atoms with E-state index in [9.17, 15) is 9.90 Å². The SMILES string of the molecule is O=C(NCC(O)C1CC1)c1ncc(Cl)c(Cl)c1Cl. The fraction of sp³-hybridized carbons (Fsp3) is 0.455. The van der Waals surface area contributed by atoms with Crippen LogP contribution >= 0.6 is 34.8 Å². The average Bonchev–Trinajstić information content (AvgIpc) is 3.17. The molecule has 2 N–H and O–H groups in total. The van der Waals surface area contributed by atoms with E-state index in [2.05, 4.69) is 10.3 Å². The third kappa shape index (κ3) is 3.06. The first-order chi connectivity index (χ1) is 8.50. The first-order valence-corrected chi connectivity index (χ1v) is 6.60. The van der Waals surface area contributed by atoms with E-state index in [-0.39, 0.29) is 27.3 Å². The van der Waals surface area contributed by atoms with Crippen molar-refractivity contribution in [2.24, 2.45) is 5.92 Å². The van der Waals surface area contributed by atoms with Gasteiger partial charge in [0.05, 0.1) is 21.2 Å². The Morgan fingerprint density at radius 1 is 1.44 bits per heavy atom. The molecule has 1 fully saturated rings. The minimum Gasteiger partial charge on any atom is -0.391 e. The van der Waals surface area contributed by atoms with Crippen LogP contribution in [0.15, 0.2) is 6.20 Å². The minimum absolute atomic E-state index is 0.00839. The zero-order chi connectivity index (χ0) is 13.3. The van der Waals surface area contributed by atoms with Gasteiger partial charge in [0.1, 0.15) is 5.69 Å². The van der Waals surface area contributed by atoms with Crippen LogP contribution in [0.4, 0.5) is 0 Å². The summed E-state index contributed by atoms with van der Waals surface area (Å²) in [7, 11) is 0. The van der Waals surface area contributed by atoms with Crippen LogP contribution in [0.1, 0.15) is 23.3 Å². The van der Waals surface area contributed by atoms with Crippen molar-refractivity contribution in [1.29, 1.82) is 0 Å². The van der Waals surface area contributed by atoms with E-state index >= 15 is 0 Å². The molecule has 1 amide bonds. The summed E-state index contributed by atoms with van der Waals surface area (Å²) in [6, 6.07) is 0. The highest BCUT2D eigenvalue weighted by Gasteiger charge is 2.30. The molecule has 98 valence electrons. The first-order valence-electron chi connectivity index (χ1n) is 5.46. The molecule has 1 aromatic rings. The molecule has 1 atom stereocenters. The highest BCUT2D eigenvalue weighted by atomic mass is 35.5. The zero-order valence-electron chi connectivity index (χ0n) is 9.29. The number of nitrogens with zero attached hydrogens (tertiary/aromatic N) is 1. The molecule has 1 aliphatic rings. The smallest absolute Gasteiger partial charge is 0.271 e. The maximum Gasteiger partial charge on any atom is 0.271 e. The summed E-state index contributed by atoms with van der Waals surface area (Å²) in [5.74, 6) is -0.180. The molecule has 2 rings (SSSR count). The van der Waals surface area contributed by atoms with Crippen LogP contribution in [-0.4, -0.2) is 28.6 Å². The van der Waals surface area contributed by atoms with Crippen LogP contribution in [-0.2, 0) is 0 Å². The van der Waals surface area contributed by atoms with E-state index in [1.165, 1.54) is 6.20 Å². The Balaban J connectivity index is 2.02. The van der Waals surface area contributed by atoms with E-state index in [0.717, 1.165) is 12.8 Å². The fourth-order valence-electron chi connectivity index (χ4n) is 1.53. The summed E-state index contributed by atoms with van der Waals surface area (Å²) in [4.78, 5) is 15.6. The highest BCUT2D eigenvalue weighted by Crippen LogP contribution is 2.33. The quantitative estimate of drug-likeness (QED) is 0.898. The van der Waals surface area contributed by atoms with E-state index in [4.69, 9.17) is 34.8 Å². The number of amides is 1. The van der Waals surface area contributed by atoms with Gasteiger partial charge < -0.3 is 10.4 Å². The normalized spacial score (nSPS) is 16.4. The molecule has 1 unspecified atom stereocenters. The van der Waals surface area contributed by atoms with Gasteiger partial charge in [-0.2, -0.15) is 0 Å². The van der Waals surface area contributed by atoms with Crippen LogP contribution in [0.25, 0.3) is 0 Å². The maximum absolute atomic E-state index is 11.8. The van der Waals surface area contributed by atoms with Gasteiger partial charge >= 0.3 is 0 Å². The number of hydrogen-bond donors (Lipinski definition) is 2. The number of aromatic nitrogens is 1. The summed E-state index contributed by atoms with van der Waals surface area (Å²) >= 11 is 17.4. The Kier molecular flexibility index (Phi) is 4.33. The predicted octanol–water partition coefficient (Wildman–Crippen LogP) is 2.54. The largest absolute Gasteiger partial charge is 0.391 e. The number of pyridine rings is 1. The second-order valence-electron chi connectivity index (χ2n) is 4.20. The fourth-order valence-corrected chi connectivity index (χ4v) is 2.10. The Labute approximate surface area is 119 Å². The van der Waals surface area contributed by atoms with Gasteiger partial charge in [0.2, 0.25) is 0 Å². The van der Waals surface area contributed by atoms with Gasteiger partial charge in [-0.15, -0.1) is 0 Å². The summed E-state index contributed by atoms with van der Waals surface area (Å²) < 4.78 is 0. The number of hydrogen-bond acceptors (Lipinski definition) is 3. The van der Waals surface area contributed by atoms with Gasteiger partial charge in [0.15, 0.2) is 0 Å². The van der Waals surface area contributed by atoms with Crippen LogP contribution in [0.5, 0.6) is 0 Å². The van der Waals surface area contributed by atoms with Crippen LogP contribution in [0.2, 0.25) is 15.1 Å². The van der Waals surface area contributed by atoms with Crippen LogP contribution in [0.3, 0.4) is 0 Å². The van der Waals surface area contributed by atoms with Gasteiger partial charge in [-0.1, -0.05) is 34.8 Å². The molecule has 1 aromatic heterocycles. The molecule has 0 spiro atoms. The Hall–Kier alpha value is -0.550. The third-order valence-electron chi connectivity index (χ3n) is 2.77. The maximum atomic E-state index is 11.8.